The minimum absolute atomic E-state index is 0.244. The summed E-state index contributed by atoms with van der Waals surface area (Å²) in [5.74, 6) is 0.530. The van der Waals surface area contributed by atoms with Crippen LogP contribution in [0.25, 0.3) is 0 Å². The van der Waals surface area contributed by atoms with Gasteiger partial charge in [-0.15, -0.1) is 0 Å². The zero-order valence-electron chi connectivity index (χ0n) is 14.5. The van der Waals surface area contributed by atoms with E-state index < -0.39 is 12.2 Å². The SMILES string of the molecule is CC(CC(=O)NCC(N1CCNCC1)C(F)(F)F)C1CCCCC1. The van der Waals surface area contributed by atoms with Gasteiger partial charge in [0, 0.05) is 39.1 Å². The summed E-state index contributed by atoms with van der Waals surface area (Å²) < 4.78 is 39.9. The van der Waals surface area contributed by atoms with Crippen LogP contribution in [0.1, 0.15) is 45.4 Å². The monoisotopic (exact) mass is 349 g/mol. The van der Waals surface area contributed by atoms with Crippen LogP contribution in [-0.4, -0.2) is 55.7 Å². The number of hydrogen-bond acceptors (Lipinski definition) is 3. The van der Waals surface area contributed by atoms with Crippen LogP contribution in [0.4, 0.5) is 13.2 Å². The van der Waals surface area contributed by atoms with Crippen molar-refractivity contribution >= 4 is 5.91 Å². The quantitative estimate of drug-likeness (QED) is 0.775. The maximum atomic E-state index is 13.3. The summed E-state index contributed by atoms with van der Waals surface area (Å²) in [6.45, 7) is 3.53. The predicted molar refractivity (Wildman–Crippen MR) is 87.7 cm³/mol. The Hall–Kier alpha value is -0.820. The van der Waals surface area contributed by atoms with Gasteiger partial charge in [0.15, 0.2) is 0 Å². The van der Waals surface area contributed by atoms with Crippen LogP contribution >= 0.6 is 0 Å². The molecule has 2 unspecified atom stereocenters. The first-order valence-electron chi connectivity index (χ1n) is 9.16. The molecule has 4 nitrogen and oxygen atoms in total. The summed E-state index contributed by atoms with van der Waals surface area (Å²) in [6, 6.07) is -1.59. The highest BCUT2D eigenvalue weighted by Crippen LogP contribution is 2.31. The number of halogens is 3. The first-order chi connectivity index (χ1) is 11.4. The fourth-order valence-electron chi connectivity index (χ4n) is 3.89. The molecule has 1 saturated carbocycles. The number of piperazine rings is 1. The van der Waals surface area contributed by atoms with E-state index in [2.05, 4.69) is 10.6 Å². The third-order valence-corrected chi connectivity index (χ3v) is 5.42. The molecule has 2 N–H and O–H groups in total. The lowest BCUT2D eigenvalue weighted by molar-refractivity contribution is -0.184. The van der Waals surface area contributed by atoms with Crippen molar-refractivity contribution in [2.24, 2.45) is 11.8 Å². The van der Waals surface area contributed by atoms with Gasteiger partial charge in [0.25, 0.3) is 0 Å². The molecular formula is C17H30F3N3O. The maximum absolute atomic E-state index is 13.3. The van der Waals surface area contributed by atoms with Crippen LogP contribution in [0.2, 0.25) is 0 Å². The highest BCUT2D eigenvalue weighted by atomic mass is 19.4. The van der Waals surface area contributed by atoms with Crippen molar-refractivity contribution < 1.29 is 18.0 Å². The number of hydrogen-bond donors (Lipinski definition) is 2. The van der Waals surface area contributed by atoms with Crippen molar-refractivity contribution in [2.75, 3.05) is 32.7 Å². The fourth-order valence-corrected chi connectivity index (χ4v) is 3.89. The van der Waals surface area contributed by atoms with Gasteiger partial charge in [0.2, 0.25) is 5.91 Å². The summed E-state index contributed by atoms with van der Waals surface area (Å²) in [5.41, 5.74) is 0. The highest BCUT2D eigenvalue weighted by molar-refractivity contribution is 5.76. The van der Waals surface area contributed by atoms with Gasteiger partial charge < -0.3 is 10.6 Å². The second kappa shape index (κ2) is 9.04. The molecule has 24 heavy (non-hydrogen) atoms. The molecule has 2 aliphatic rings. The number of amides is 1. The summed E-state index contributed by atoms with van der Waals surface area (Å²) in [5, 5.41) is 5.59. The zero-order chi connectivity index (χ0) is 17.6. The third-order valence-electron chi connectivity index (χ3n) is 5.42. The molecule has 0 aromatic heterocycles. The number of carbonyl (C=O) groups is 1. The van der Waals surface area contributed by atoms with Gasteiger partial charge in [-0.1, -0.05) is 39.0 Å². The van der Waals surface area contributed by atoms with Gasteiger partial charge in [0.1, 0.15) is 6.04 Å². The Labute approximate surface area is 142 Å². The topological polar surface area (TPSA) is 44.4 Å². The zero-order valence-corrected chi connectivity index (χ0v) is 14.5. The lowest BCUT2D eigenvalue weighted by Crippen LogP contribution is -2.57. The summed E-state index contributed by atoms with van der Waals surface area (Å²) >= 11 is 0. The second-order valence-corrected chi connectivity index (χ2v) is 7.23. The fraction of sp³-hybridized carbons (Fsp3) is 0.941. The third kappa shape index (κ3) is 5.92. The molecule has 2 rings (SSSR count). The van der Waals surface area contributed by atoms with Gasteiger partial charge in [-0.3, -0.25) is 9.69 Å². The summed E-state index contributed by atoms with van der Waals surface area (Å²) in [6.07, 6.45) is 1.95. The molecule has 1 aliphatic carbocycles. The molecule has 1 heterocycles. The molecule has 0 bridgehead atoms. The van der Waals surface area contributed by atoms with E-state index in [0.717, 1.165) is 12.8 Å². The van der Waals surface area contributed by atoms with E-state index in [1.807, 2.05) is 6.92 Å². The van der Waals surface area contributed by atoms with Crippen molar-refractivity contribution in [3.63, 3.8) is 0 Å². The first-order valence-corrected chi connectivity index (χ1v) is 9.16. The van der Waals surface area contributed by atoms with Gasteiger partial charge in [-0.2, -0.15) is 13.2 Å². The Morgan fingerprint density at radius 2 is 1.83 bits per heavy atom. The Bertz CT molecular complexity index is 391. The van der Waals surface area contributed by atoms with E-state index in [-0.39, 0.29) is 18.4 Å². The van der Waals surface area contributed by atoms with Crippen molar-refractivity contribution in [3.05, 3.63) is 0 Å². The van der Waals surface area contributed by atoms with Crippen LogP contribution in [0.15, 0.2) is 0 Å². The van der Waals surface area contributed by atoms with E-state index in [9.17, 15) is 18.0 Å². The Balaban J connectivity index is 1.80. The number of alkyl halides is 3. The smallest absolute Gasteiger partial charge is 0.354 e. The normalized spacial score (nSPS) is 23.7. The van der Waals surface area contributed by atoms with E-state index >= 15 is 0 Å². The van der Waals surface area contributed by atoms with Crippen LogP contribution < -0.4 is 10.6 Å². The maximum Gasteiger partial charge on any atom is 0.405 e. The average molecular weight is 349 g/mol. The van der Waals surface area contributed by atoms with Gasteiger partial charge in [0.05, 0.1) is 0 Å². The number of rotatable bonds is 6. The van der Waals surface area contributed by atoms with Gasteiger partial charge in [-0.25, -0.2) is 0 Å². The summed E-state index contributed by atoms with van der Waals surface area (Å²) in [7, 11) is 0. The molecule has 140 valence electrons. The lowest BCUT2D eigenvalue weighted by Gasteiger charge is -2.36. The Morgan fingerprint density at radius 3 is 2.42 bits per heavy atom. The molecule has 2 fully saturated rings. The molecule has 0 spiro atoms. The first kappa shape index (κ1) is 19.5. The van der Waals surface area contributed by atoms with E-state index in [1.165, 1.54) is 24.2 Å². The van der Waals surface area contributed by atoms with Crippen LogP contribution in [0.3, 0.4) is 0 Å². The lowest BCUT2D eigenvalue weighted by atomic mass is 9.79. The summed E-state index contributed by atoms with van der Waals surface area (Å²) in [4.78, 5) is 13.5. The van der Waals surface area contributed by atoms with Crippen LogP contribution in [-0.2, 0) is 4.79 Å². The Kier molecular flexibility index (Phi) is 7.34. The molecule has 2 atom stereocenters. The standard InChI is InChI=1S/C17H30F3N3O/c1-13(14-5-3-2-4-6-14)11-16(24)22-12-15(17(18,19)20)23-9-7-21-8-10-23/h13-15,21H,2-12H2,1H3,(H,22,24). The average Bonchev–Trinajstić information content (AvgIpc) is 2.55. The second-order valence-electron chi connectivity index (χ2n) is 7.23. The predicted octanol–water partition coefficient (Wildman–Crippen LogP) is 2.55. The minimum Gasteiger partial charge on any atom is -0.354 e. The molecule has 1 saturated heterocycles. The number of carbonyl (C=O) groups excluding carboxylic acids is 1. The van der Waals surface area contributed by atoms with Crippen LogP contribution in [0.5, 0.6) is 0 Å². The molecular weight excluding hydrogens is 319 g/mol. The van der Waals surface area contributed by atoms with Gasteiger partial charge >= 0.3 is 6.18 Å². The molecule has 1 amide bonds. The van der Waals surface area contributed by atoms with Gasteiger partial charge in [-0.05, 0) is 11.8 Å². The highest BCUT2D eigenvalue weighted by Gasteiger charge is 2.43. The van der Waals surface area contributed by atoms with Crippen molar-refractivity contribution in [3.8, 4) is 0 Å². The van der Waals surface area contributed by atoms with Crippen LogP contribution in [0, 0.1) is 11.8 Å². The van der Waals surface area contributed by atoms with E-state index in [4.69, 9.17) is 0 Å². The molecule has 1 aliphatic heterocycles. The molecule has 0 aromatic rings. The van der Waals surface area contributed by atoms with E-state index in [0.29, 0.717) is 38.5 Å². The largest absolute Gasteiger partial charge is 0.405 e. The van der Waals surface area contributed by atoms with E-state index in [1.54, 1.807) is 0 Å². The molecule has 0 aromatic carbocycles. The number of nitrogens with zero attached hydrogens (tertiary/aromatic N) is 1. The van der Waals surface area contributed by atoms with Crippen molar-refractivity contribution in [2.45, 2.75) is 57.7 Å². The number of nitrogens with one attached hydrogen (secondary N) is 2. The minimum atomic E-state index is -4.32. The van der Waals surface area contributed by atoms with Crippen molar-refractivity contribution in [1.82, 2.24) is 15.5 Å². The van der Waals surface area contributed by atoms with Crippen molar-refractivity contribution in [1.29, 1.82) is 0 Å². The Morgan fingerprint density at radius 1 is 1.21 bits per heavy atom. The molecule has 7 heteroatoms. The molecule has 0 radical (unpaired) electrons.